The van der Waals surface area contributed by atoms with Crippen molar-refractivity contribution in [2.45, 2.75) is 50.6 Å². The summed E-state index contributed by atoms with van der Waals surface area (Å²) in [6.45, 7) is 2.91. The highest BCUT2D eigenvalue weighted by atomic mass is 16.5. The van der Waals surface area contributed by atoms with Gasteiger partial charge in [0, 0.05) is 25.3 Å². The minimum Gasteiger partial charge on any atom is -0.394 e. The van der Waals surface area contributed by atoms with E-state index in [1.54, 1.807) is 7.11 Å². The molecule has 0 aromatic carbocycles. The molecule has 4 heteroatoms. The first-order chi connectivity index (χ1) is 7.04. The molecule has 0 heterocycles. The minimum absolute atomic E-state index is 0.160. The molecule has 0 aromatic heterocycles. The molecule has 5 N–H and O–H groups in total. The number of aliphatic hydroxyl groups excluding tert-OH is 1. The quantitative estimate of drug-likeness (QED) is 0.646. The maximum absolute atomic E-state index is 8.70. The number of nitrogens with two attached hydrogens (primary N) is 2. The SMILES string of the molecule is COCCC(C)N.NC1(CO)CCCC1. The molecule has 1 fully saturated rings. The van der Waals surface area contributed by atoms with Gasteiger partial charge in [0.2, 0.25) is 0 Å². The van der Waals surface area contributed by atoms with Crippen molar-refractivity contribution in [1.82, 2.24) is 0 Å². The van der Waals surface area contributed by atoms with Crippen LogP contribution in [0.15, 0.2) is 0 Å². The molecular formula is C11H26N2O2. The first-order valence-electron chi connectivity index (χ1n) is 5.68. The van der Waals surface area contributed by atoms with Crippen LogP contribution in [0.4, 0.5) is 0 Å². The molecule has 0 saturated heterocycles. The van der Waals surface area contributed by atoms with Crippen LogP contribution in [0, 0.1) is 0 Å². The number of methoxy groups -OCH3 is 1. The van der Waals surface area contributed by atoms with Gasteiger partial charge in [-0.3, -0.25) is 0 Å². The first-order valence-corrected chi connectivity index (χ1v) is 5.68. The lowest BCUT2D eigenvalue weighted by molar-refractivity contribution is 0.189. The molecule has 0 radical (unpaired) electrons. The molecule has 92 valence electrons. The Hall–Kier alpha value is -0.160. The number of rotatable bonds is 4. The molecule has 0 amide bonds. The van der Waals surface area contributed by atoms with Crippen molar-refractivity contribution in [2.24, 2.45) is 11.5 Å². The molecule has 1 atom stereocenters. The molecule has 1 saturated carbocycles. The second-order valence-electron chi connectivity index (χ2n) is 4.49. The van der Waals surface area contributed by atoms with Gasteiger partial charge in [0.15, 0.2) is 0 Å². The van der Waals surface area contributed by atoms with Crippen LogP contribution < -0.4 is 11.5 Å². The smallest absolute Gasteiger partial charge is 0.0611 e. The average Bonchev–Trinajstić information content (AvgIpc) is 2.64. The Morgan fingerprint density at radius 1 is 1.40 bits per heavy atom. The van der Waals surface area contributed by atoms with Gasteiger partial charge in [0.05, 0.1) is 6.61 Å². The van der Waals surface area contributed by atoms with Crippen LogP contribution in [-0.4, -0.2) is 37.0 Å². The molecule has 0 aliphatic heterocycles. The van der Waals surface area contributed by atoms with Gasteiger partial charge in [0.25, 0.3) is 0 Å². The summed E-state index contributed by atoms with van der Waals surface area (Å²) in [7, 11) is 1.68. The van der Waals surface area contributed by atoms with Crippen molar-refractivity contribution in [3.8, 4) is 0 Å². The standard InChI is InChI=1S/C6H13NO.C5H13NO/c7-6(5-8)3-1-2-4-6;1-5(6)3-4-7-2/h8H,1-5,7H2;5H,3-4,6H2,1-2H3. The molecule has 1 aliphatic rings. The number of hydrogen-bond donors (Lipinski definition) is 3. The zero-order chi connectivity index (χ0) is 11.7. The lowest BCUT2D eigenvalue weighted by Gasteiger charge is -2.18. The minimum atomic E-state index is -0.208. The summed E-state index contributed by atoms with van der Waals surface area (Å²) in [5.74, 6) is 0. The van der Waals surface area contributed by atoms with Crippen LogP contribution in [0.3, 0.4) is 0 Å². The van der Waals surface area contributed by atoms with Crippen LogP contribution in [0.2, 0.25) is 0 Å². The maximum atomic E-state index is 8.70. The van der Waals surface area contributed by atoms with Crippen molar-refractivity contribution < 1.29 is 9.84 Å². The summed E-state index contributed by atoms with van der Waals surface area (Å²) in [6.07, 6.45) is 5.34. The first kappa shape index (κ1) is 14.8. The van der Waals surface area contributed by atoms with Crippen LogP contribution in [0.1, 0.15) is 39.0 Å². The van der Waals surface area contributed by atoms with Crippen molar-refractivity contribution in [1.29, 1.82) is 0 Å². The highest BCUT2D eigenvalue weighted by molar-refractivity contribution is 4.87. The van der Waals surface area contributed by atoms with Gasteiger partial charge in [-0.15, -0.1) is 0 Å². The predicted octanol–water partition coefficient (Wildman–Crippen LogP) is 0.620. The summed E-state index contributed by atoms with van der Waals surface area (Å²) in [4.78, 5) is 0. The van der Waals surface area contributed by atoms with E-state index in [0.717, 1.165) is 25.9 Å². The molecule has 15 heavy (non-hydrogen) atoms. The summed E-state index contributed by atoms with van der Waals surface area (Å²) in [5, 5.41) is 8.70. The summed E-state index contributed by atoms with van der Waals surface area (Å²) in [6, 6.07) is 0.278. The van der Waals surface area contributed by atoms with Crippen molar-refractivity contribution in [3.63, 3.8) is 0 Å². The summed E-state index contributed by atoms with van der Waals surface area (Å²) in [5.41, 5.74) is 10.9. The Labute approximate surface area is 93.0 Å². The van der Waals surface area contributed by atoms with Crippen molar-refractivity contribution >= 4 is 0 Å². The highest BCUT2D eigenvalue weighted by Gasteiger charge is 2.27. The van der Waals surface area contributed by atoms with Gasteiger partial charge < -0.3 is 21.3 Å². The third-order valence-electron chi connectivity index (χ3n) is 2.69. The summed E-state index contributed by atoms with van der Waals surface area (Å²) < 4.78 is 4.77. The van der Waals surface area contributed by atoms with Gasteiger partial charge in [0.1, 0.15) is 0 Å². The third-order valence-corrected chi connectivity index (χ3v) is 2.69. The van der Waals surface area contributed by atoms with E-state index in [9.17, 15) is 0 Å². The normalized spacial score (nSPS) is 20.6. The Kier molecular flexibility index (Phi) is 7.96. The van der Waals surface area contributed by atoms with Crippen molar-refractivity contribution in [3.05, 3.63) is 0 Å². The molecule has 0 bridgehead atoms. The zero-order valence-corrected chi connectivity index (χ0v) is 10.0. The predicted molar refractivity (Wildman–Crippen MR) is 62.6 cm³/mol. The molecule has 4 nitrogen and oxygen atoms in total. The lowest BCUT2D eigenvalue weighted by atomic mass is 10.0. The average molecular weight is 218 g/mol. The van der Waals surface area contributed by atoms with Gasteiger partial charge in [-0.25, -0.2) is 0 Å². The fraction of sp³-hybridized carbons (Fsp3) is 1.00. The molecular weight excluding hydrogens is 192 g/mol. The summed E-state index contributed by atoms with van der Waals surface area (Å²) >= 11 is 0. The highest BCUT2D eigenvalue weighted by Crippen LogP contribution is 2.25. The second kappa shape index (κ2) is 8.05. The Morgan fingerprint density at radius 3 is 2.13 bits per heavy atom. The number of ether oxygens (including phenoxy) is 1. The second-order valence-corrected chi connectivity index (χ2v) is 4.49. The van der Waals surface area contributed by atoms with E-state index in [0.29, 0.717) is 0 Å². The van der Waals surface area contributed by atoms with E-state index in [2.05, 4.69) is 0 Å². The topological polar surface area (TPSA) is 81.5 Å². The van der Waals surface area contributed by atoms with Gasteiger partial charge in [-0.1, -0.05) is 12.8 Å². The Balaban J connectivity index is 0.000000265. The largest absolute Gasteiger partial charge is 0.394 e. The molecule has 1 rings (SSSR count). The number of hydrogen-bond acceptors (Lipinski definition) is 4. The van der Waals surface area contributed by atoms with E-state index in [1.165, 1.54) is 12.8 Å². The maximum Gasteiger partial charge on any atom is 0.0611 e. The van der Waals surface area contributed by atoms with E-state index >= 15 is 0 Å². The molecule has 0 spiro atoms. The Bertz CT molecular complexity index is 146. The Morgan fingerprint density at radius 2 is 1.93 bits per heavy atom. The van der Waals surface area contributed by atoms with E-state index in [1.807, 2.05) is 6.92 Å². The molecule has 1 unspecified atom stereocenters. The molecule has 1 aliphatic carbocycles. The lowest BCUT2D eigenvalue weighted by Crippen LogP contribution is -2.40. The van der Waals surface area contributed by atoms with Gasteiger partial charge in [-0.05, 0) is 26.2 Å². The van der Waals surface area contributed by atoms with Crippen LogP contribution >= 0.6 is 0 Å². The van der Waals surface area contributed by atoms with Crippen molar-refractivity contribution in [2.75, 3.05) is 20.3 Å². The zero-order valence-electron chi connectivity index (χ0n) is 10.0. The van der Waals surface area contributed by atoms with Crippen LogP contribution in [-0.2, 0) is 4.74 Å². The number of aliphatic hydroxyl groups is 1. The van der Waals surface area contributed by atoms with E-state index < -0.39 is 0 Å². The fourth-order valence-corrected chi connectivity index (χ4v) is 1.54. The monoisotopic (exact) mass is 218 g/mol. The van der Waals surface area contributed by atoms with Gasteiger partial charge in [-0.2, -0.15) is 0 Å². The van der Waals surface area contributed by atoms with Gasteiger partial charge >= 0.3 is 0 Å². The van der Waals surface area contributed by atoms with E-state index in [4.69, 9.17) is 21.3 Å². The van der Waals surface area contributed by atoms with E-state index in [-0.39, 0.29) is 18.2 Å². The van der Waals surface area contributed by atoms with Crippen LogP contribution in [0.25, 0.3) is 0 Å². The fourth-order valence-electron chi connectivity index (χ4n) is 1.54. The molecule has 0 aromatic rings. The third kappa shape index (κ3) is 7.73. The van der Waals surface area contributed by atoms with Crippen LogP contribution in [0.5, 0.6) is 0 Å².